The van der Waals surface area contributed by atoms with Gasteiger partial charge in [0, 0.05) is 29.8 Å². The smallest absolute Gasteiger partial charge is 0.338 e. The van der Waals surface area contributed by atoms with E-state index in [0.29, 0.717) is 23.8 Å². The van der Waals surface area contributed by atoms with E-state index >= 15 is 0 Å². The van der Waals surface area contributed by atoms with Crippen molar-refractivity contribution in [3.63, 3.8) is 0 Å². The van der Waals surface area contributed by atoms with Gasteiger partial charge in [0.2, 0.25) is 0 Å². The molecule has 3 aromatic rings. The van der Waals surface area contributed by atoms with E-state index in [1.807, 2.05) is 12.1 Å². The van der Waals surface area contributed by atoms with Crippen LogP contribution >= 0.6 is 0 Å². The molecule has 0 bridgehead atoms. The Hall–Kier alpha value is -3.28. The molecular formula is C18H16N4O2. The van der Waals surface area contributed by atoms with Gasteiger partial charge in [0.15, 0.2) is 5.82 Å². The highest BCUT2D eigenvalue weighted by Gasteiger charge is 2.06. The van der Waals surface area contributed by atoms with Crippen LogP contribution in [0.5, 0.6) is 0 Å². The van der Waals surface area contributed by atoms with Crippen LogP contribution in [0.3, 0.4) is 0 Å². The molecule has 0 spiro atoms. The number of anilines is 2. The molecule has 0 unspecified atom stereocenters. The van der Waals surface area contributed by atoms with Crippen LogP contribution in [0.1, 0.15) is 17.3 Å². The van der Waals surface area contributed by atoms with Gasteiger partial charge in [0.05, 0.1) is 12.2 Å². The number of ether oxygens (including phenoxy) is 1. The van der Waals surface area contributed by atoms with Crippen molar-refractivity contribution in [3.8, 4) is 11.4 Å². The molecule has 6 heteroatoms. The van der Waals surface area contributed by atoms with Crippen molar-refractivity contribution in [2.45, 2.75) is 6.92 Å². The minimum Gasteiger partial charge on any atom is -0.462 e. The van der Waals surface area contributed by atoms with Gasteiger partial charge < -0.3 is 10.1 Å². The standard InChI is InChI=1S/C18H16N4O2/c1-2-24-18(23)13-5-7-15(8-6-13)21-16-9-11-20-17(22-16)14-4-3-10-19-12-14/h3-12H,2H2,1H3,(H,20,21,22). The molecule has 24 heavy (non-hydrogen) atoms. The molecule has 0 aliphatic rings. The fourth-order valence-electron chi connectivity index (χ4n) is 2.11. The average Bonchev–Trinajstić information content (AvgIpc) is 2.63. The van der Waals surface area contributed by atoms with Gasteiger partial charge in [0.1, 0.15) is 5.82 Å². The highest BCUT2D eigenvalue weighted by Crippen LogP contribution is 2.19. The van der Waals surface area contributed by atoms with Crippen LogP contribution in [0.15, 0.2) is 61.1 Å². The van der Waals surface area contributed by atoms with Crippen LogP contribution in [0.4, 0.5) is 11.5 Å². The number of hydrogen-bond acceptors (Lipinski definition) is 6. The zero-order valence-electron chi connectivity index (χ0n) is 13.1. The number of nitrogens with one attached hydrogen (secondary N) is 1. The van der Waals surface area contributed by atoms with Crippen molar-refractivity contribution in [1.82, 2.24) is 15.0 Å². The Morgan fingerprint density at radius 2 is 1.96 bits per heavy atom. The summed E-state index contributed by atoms with van der Waals surface area (Å²) in [5.41, 5.74) is 2.18. The molecule has 0 radical (unpaired) electrons. The van der Waals surface area contributed by atoms with Gasteiger partial charge in [-0.2, -0.15) is 0 Å². The summed E-state index contributed by atoms with van der Waals surface area (Å²) in [5, 5.41) is 3.19. The van der Waals surface area contributed by atoms with E-state index in [4.69, 9.17) is 4.74 Å². The fourth-order valence-corrected chi connectivity index (χ4v) is 2.11. The first kappa shape index (κ1) is 15.6. The second-order valence-electron chi connectivity index (χ2n) is 4.93. The number of carbonyl (C=O) groups excluding carboxylic acids is 1. The summed E-state index contributed by atoms with van der Waals surface area (Å²) < 4.78 is 4.96. The van der Waals surface area contributed by atoms with Crippen molar-refractivity contribution in [1.29, 1.82) is 0 Å². The molecule has 0 fully saturated rings. The fraction of sp³-hybridized carbons (Fsp3) is 0.111. The molecule has 0 aliphatic heterocycles. The van der Waals surface area contributed by atoms with Gasteiger partial charge in [-0.05, 0) is 49.4 Å². The lowest BCUT2D eigenvalue weighted by molar-refractivity contribution is 0.0526. The summed E-state index contributed by atoms with van der Waals surface area (Å²) >= 11 is 0. The largest absolute Gasteiger partial charge is 0.462 e. The first-order valence-corrected chi connectivity index (χ1v) is 7.54. The number of pyridine rings is 1. The SMILES string of the molecule is CCOC(=O)c1ccc(Nc2ccnc(-c3cccnc3)n2)cc1. The Bertz CT molecular complexity index is 820. The number of esters is 1. The monoisotopic (exact) mass is 320 g/mol. The summed E-state index contributed by atoms with van der Waals surface area (Å²) in [6, 6.07) is 12.6. The van der Waals surface area contributed by atoms with Crippen molar-refractivity contribution in [2.75, 3.05) is 11.9 Å². The maximum absolute atomic E-state index is 11.6. The Morgan fingerprint density at radius 1 is 1.12 bits per heavy atom. The average molecular weight is 320 g/mol. The quantitative estimate of drug-likeness (QED) is 0.725. The molecule has 0 saturated heterocycles. The van der Waals surface area contributed by atoms with Crippen molar-refractivity contribution < 1.29 is 9.53 Å². The lowest BCUT2D eigenvalue weighted by Crippen LogP contribution is -2.04. The van der Waals surface area contributed by atoms with Gasteiger partial charge >= 0.3 is 5.97 Å². The summed E-state index contributed by atoms with van der Waals surface area (Å²) in [7, 11) is 0. The Morgan fingerprint density at radius 3 is 2.67 bits per heavy atom. The third-order valence-corrected chi connectivity index (χ3v) is 3.24. The van der Waals surface area contributed by atoms with E-state index < -0.39 is 0 Å². The van der Waals surface area contributed by atoms with Crippen LogP contribution in [-0.4, -0.2) is 27.5 Å². The molecule has 0 aliphatic carbocycles. The van der Waals surface area contributed by atoms with Gasteiger partial charge in [0.25, 0.3) is 0 Å². The molecule has 0 amide bonds. The lowest BCUT2D eigenvalue weighted by atomic mass is 10.2. The number of aromatic nitrogens is 3. The zero-order chi connectivity index (χ0) is 16.8. The second-order valence-corrected chi connectivity index (χ2v) is 4.93. The third kappa shape index (κ3) is 3.73. The molecule has 6 nitrogen and oxygen atoms in total. The highest BCUT2D eigenvalue weighted by molar-refractivity contribution is 5.89. The molecule has 0 saturated carbocycles. The van der Waals surface area contributed by atoms with Crippen LogP contribution < -0.4 is 5.32 Å². The molecule has 3 rings (SSSR count). The number of carbonyl (C=O) groups is 1. The van der Waals surface area contributed by atoms with Crippen LogP contribution in [0.25, 0.3) is 11.4 Å². The van der Waals surface area contributed by atoms with E-state index in [9.17, 15) is 4.79 Å². The lowest BCUT2D eigenvalue weighted by Gasteiger charge is -2.08. The molecule has 1 aromatic carbocycles. The molecule has 1 N–H and O–H groups in total. The van der Waals surface area contributed by atoms with Crippen LogP contribution in [-0.2, 0) is 4.74 Å². The molecular weight excluding hydrogens is 304 g/mol. The third-order valence-electron chi connectivity index (χ3n) is 3.24. The Balaban J connectivity index is 1.76. The van der Waals surface area contributed by atoms with E-state index in [2.05, 4.69) is 20.3 Å². The summed E-state index contributed by atoms with van der Waals surface area (Å²) in [6.07, 6.45) is 5.11. The van der Waals surface area contributed by atoms with Gasteiger partial charge in [-0.25, -0.2) is 14.8 Å². The van der Waals surface area contributed by atoms with Crippen LogP contribution in [0, 0.1) is 0 Å². The molecule has 120 valence electrons. The first-order valence-electron chi connectivity index (χ1n) is 7.54. The maximum atomic E-state index is 11.6. The molecule has 0 atom stereocenters. The van der Waals surface area contributed by atoms with Gasteiger partial charge in [-0.15, -0.1) is 0 Å². The summed E-state index contributed by atoms with van der Waals surface area (Å²) in [5.74, 6) is 0.925. The van der Waals surface area contributed by atoms with Gasteiger partial charge in [-0.1, -0.05) is 0 Å². The summed E-state index contributed by atoms with van der Waals surface area (Å²) in [6.45, 7) is 2.14. The first-order chi connectivity index (χ1) is 11.8. The number of hydrogen-bond donors (Lipinski definition) is 1. The Kier molecular flexibility index (Phi) is 4.76. The second kappa shape index (κ2) is 7.32. The molecule has 2 heterocycles. The minimum absolute atomic E-state index is 0.329. The van der Waals surface area contributed by atoms with E-state index in [0.717, 1.165) is 11.3 Å². The minimum atomic E-state index is -0.329. The van der Waals surface area contributed by atoms with E-state index in [-0.39, 0.29) is 5.97 Å². The number of benzene rings is 1. The van der Waals surface area contributed by atoms with Crippen molar-refractivity contribution >= 4 is 17.5 Å². The number of nitrogens with zero attached hydrogens (tertiary/aromatic N) is 3. The topological polar surface area (TPSA) is 77.0 Å². The van der Waals surface area contributed by atoms with Crippen molar-refractivity contribution in [2.24, 2.45) is 0 Å². The van der Waals surface area contributed by atoms with Crippen molar-refractivity contribution in [3.05, 3.63) is 66.6 Å². The predicted molar refractivity (Wildman–Crippen MR) is 90.9 cm³/mol. The Labute approximate surface area is 139 Å². The van der Waals surface area contributed by atoms with E-state index in [1.54, 1.807) is 55.8 Å². The predicted octanol–water partition coefficient (Wildman–Crippen LogP) is 3.46. The molecule has 2 aromatic heterocycles. The normalized spacial score (nSPS) is 10.2. The highest BCUT2D eigenvalue weighted by atomic mass is 16.5. The van der Waals surface area contributed by atoms with Gasteiger partial charge in [-0.3, -0.25) is 4.98 Å². The zero-order valence-corrected chi connectivity index (χ0v) is 13.1. The summed E-state index contributed by atoms with van der Waals surface area (Å²) in [4.78, 5) is 24.4. The number of rotatable bonds is 5. The maximum Gasteiger partial charge on any atom is 0.338 e. The van der Waals surface area contributed by atoms with E-state index in [1.165, 1.54) is 0 Å². The van der Waals surface area contributed by atoms with Crippen LogP contribution in [0.2, 0.25) is 0 Å².